The van der Waals surface area contributed by atoms with Gasteiger partial charge in [-0.3, -0.25) is 10.2 Å². The number of nitrogens with two attached hydrogens (primary N) is 1. The van der Waals surface area contributed by atoms with Crippen molar-refractivity contribution < 1.29 is 17.4 Å². The molecule has 23 heavy (non-hydrogen) atoms. The number of hydrogen-bond donors (Lipinski definition) is 2. The third-order valence-corrected chi connectivity index (χ3v) is 4.36. The van der Waals surface area contributed by atoms with Crippen molar-refractivity contribution in [2.75, 3.05) is 0 Å². The molecule has 2 rings (SSSR count). The van der Waals surface area contributed by atoms with Crippen molar-refractivity contribution in [2.24, 2.45) is 5.73 Å². The Hall–Kier alpha value is -2.41. The molecule has 0 aromatic heterocycles. The standard InChI is InChI=1S/C16H18N2O4S/c1-2-3-15(19)22-23(20,21)10-11-4-5-13-9-14(16(17)18)7-6-12(13)8-11/h4-9H,2-3,10H2,1H3,(H3,17,18). The topological polar surface area (TPSA) is 110 Å². The number of rotatable bonds is 6. The monoisotopic (exact) mass is 334 g/mol. The maximum Gasteiger partial charge on any atom is 0.322 e. The molecule has 0 saturated heterocycles. The lowest BCUT2D eigenvalue weighted by Gasteiger charge is -2.07. The molecule has 2 aromatic carbocycles. The van der Waals surface area contributed by atoms with E-state index in [9.17, 15) is 13.2 Å². The molecule has 7 heteroatoms. The second-order valence-electron chi connectivity index (χ2n) is 5.22. The van der Waals surface area contributed by atoms with Crippen molar-refractivity contribution in [1.82, 2.24) is 0 Å². The SMILES string of the molecule is CCCC(=O)OS(=O)(=O)Cc1ccc2cc(C(=N)N)ccc2c1. The minimum absolute atomic E-state index is 0.0265. The second-order valence-corrected chi connectivity index (χ2v) is 6.79. The van der Waals surface area contributed by atoms with Crippen LogP contribution < -0.4 is 5.73 Å². The summed E-state index contributed by atoms with van der Waals surface area (Å²) in [5.41, 5.74) is 6.57. The molecule has 0 saturated carbocycles. The van der Waals surface area contributed by atoms with Gasteiger partial charge in [0.1, 0.15) is 11.6 Å². The van der Waals surface area contributed by atoms with Gasteiger partial charge in [-0.25, -0.2) is 0 Å². The number of nitrogen functional groups attached to an aromatic ring is 1. The van der Waals surface area contributed by atoms with E-state index in [0.29, 0.717) is 17.5 Å². The van der Waals surface area contributed by atoms with Crippen molar-refractivity contribution in [3.05, 3.63) is 47.5 Å². The van der Waals surface area contributed by atoms with Gasteiger partial charge in [0, 0.05) is 12.0 Å². The number of carbonyl (C=O) groups excluding carboxylic acids is 1. The third kappa shape index (κ3) is 4.53. The Bertz CT molecular complexity index is 860. The van der Waals surface area contributed by atoms with Crippen LogP contribution in [-0.2, 0) is 24.8 Å². The van der Waals surface area contributed by atoms with Gasteiger partial charge in [0.2, 0.25) is 0 Å². The zero-order valence-electron chi connectivity index (χ0n) is 12.7. The number of amidine groups is 1. The smallest absolute Gasteiger partial charge is 0.322 e. The number of fused-ring (bicyclic) bond motifs is 1. The summed E-state index contributed by atoms with van der Waals surface area (Å²) in [4.78, 5) is 11.3. The zero-order chi connectivity index (χ0) is 17.0. The predicted molar refractivity (Wildman–Crippen MR) is 88.6 cm³/mol. The van der Waals surface area contributed by atoms with E-state index >= 15 is 0 Å². The number of hydrogen-bond acceptors (Lipinski definition) is 5. The lowest BCUT2D eigenvalue weighted by Crippen LogP contribution is -2.14. The minimum atomic E-state index is -3.95. The molecule has 0 fully saturated rings. The molecular formula is C16H18N2O4S. The maximum absolute atomic E-state index is 11.9. The molecule has 0 aliphatic carbocycles. The van der Waals surface area contributed by atoms with E-state index in [2.05, 4.69) is 4.18 Å². The highest BCUT2D eigenvalue weighted by molar-refractivity contribution is 7.86. The van der Waals surface area contributed by atoms with Crippen molar-refractivity contribution in [2.45, 2.75) is 25.5 Å². The van der Waals surface area contributed by atoms with E-state index in [-0.39, 0.29) is 18.0 Å². The van der Waals surface area contributed by atoms with Crippen LogP contribution in [0.4, 0.5) is 0 Å². The second kappa shape index (κ2) is 6.78. The predicted octanol–water partition coefficient (Wildman–Crippen LogP) is 2.30. The number of nitrogens with one attached hydrogen (secondary N) is 1. The van der Waals surface area contributed by atoms with Crippen LogP contribution in [0.25, 0.3) is 10.8 Å². The molecule has 0 heterocycles. The molecule has 0 bridgehead atoms. The van der Waals surface area contributed by atoms with E-state index in [0.717, 1.165) is 10.8 Å². The third-order valence-electron chi connectivity index (χ3n) is 3.23. The van der Waals surface area contributed by atoms with E-state index in [1.165, 1.54) is 0 Å². The summed E-state index contributed by atoms with van der Waals surface area (Å²) in [5, 5.41) is 9.09. The molecular weight excluding hydrogens is 316 g/mol. The van der Waals surface area contributed by atoms with Gasteiger partial charge in [0.05, 0.1) is 0 Å². The summed E-state index contributed by atoms with van der Waals surface area (Å²) in [6, 6.07) is 10.3. The highest BCUT2D eigenvalue weighted by Crippen LogP contribution is 2.20. The van der Waals surface area contributed by atoms with Gasteiger partial charge in [-0.1, -0.05) is 37.3 Å². The van der Waals surface area contributed by atoms with E-state index in [1.807, 2.05) is 0 Å². The molecule has 0 atom stereocenters. The Balaban J connectivity index is 2.22. The van der Waals surface area contributed by atoms with E-state index in [1.54, 1.807) is 43.3 Å². The Morgan fingerprint density at radius 1 is 1.17 bits per heavy atom. The molecule has 0 spiro atoms. The molecule has 6 nitrogen and oxygen atoms in total. The van der Waals surface area contributed by atoms with Crippen molar-refractivity contribution >= 4 is 32.7 Å². The van der Waals surface area contributed by atoms with Gasteiger partial charge in [-0.05, 0) is 28.8 Å². The molecule has 0 aliphatic heterocycles. The van der Waals surface area contributed by atoms with Crippen LogP contribution in [0.2, 0.25) is 0 Å². The molecule has 2 aromatic rings. The van der Waals surface area contributed by atoms with Crippen LogP contribution in [0, 0.1) is 5.41 Å². The lowest BCUT2D eigenvalue weighted by molar-refractivity contribution is -0.133. The fourth-order valence-electron chi connectivity index (χ4n) is 2.17. The highest BCUT2D eigenvalue weighted by Gasteiger charge is 2.17. The van der Waals surface area contributed by atoms with Crippen LogP contribution in [0.1, 0.15) is 30.9 Å². The number of benzene rings is 2. The largest absolute Gasteiger partial charge is 0.384 e. The highest BCUT2D eigenvalue weighted by atomic mass is 32.2. The van der Waals surface area contributed by atoms with Crippen LogP contribution in [-0.4, -0.2) is 20.2 Å². The van der Waals surface area contributed by atoms with Gasteiger partial charge >= 0.3 is 16.1 Å². The summed E-state index contributed by atoms with van der Waals surface area (Å²) in [6.45, 7) is 1.77. The molecule has 0 aliphatic rings. The van der Waals surface area contributed by atoms with E-state index < -0.39 is 16.1 Å². The lowest BCUT2D eigenvalue weighted by atomic mass is 10.0. The van der Waals surface area contributed by atoms with Crippen molar-refractivity contribution in [3.8, 4) is 0 Å². The Morgan fingerprint density at radius 2 is 1.83 bits per heavy atom. The molecule has 0 unspecified atom stereocenters. The average Bonchev–Trinajstić information content (AvgIpc) is 2.45. The molecule has 0 radical (unpaired) electrons. The Kier molecular flexibility index (Phi) is 5.00. The Morgan fingerprint density at radius 3 is 2.48 bits per heavy atom. The quantitative estimate of drug-likeness (QED) is 0.478. The van der Waals surface area contributed by atoms with Crippen molar-refractivity contribution in [1.29, 1.82) is 5.41 Å². The molecule has 3 N–H and O–H groups in total. The van der Waals surface area contributed by atoms with Crippen LogP contribution in [0.3, 0.4) is 0 Å². The maximum atomic E-state index is 11.9. The number of carbonyl (C=O) groups is 1. The first-order chi connectivity index (χ1) is 10.8. The van der Waals surface area contributed by atoms with Crippen LogP contribution in [0.15, 0.2) is 36.4 Å². The summed E-state index contributed by atoms with van der Waals surface area (Å²) >= 11 is 0. The zero-order valence-corrected chi connectivity index (χ0v) is 13.5. The van der Waals surface area contributed by atoms with Gasteiger partial charge in [0.15, 0.2) is 0 Å². The molecule has 122 valence electrons. The first-order valence-corrected chi connectivity index (χ1v) is 8.70. The first kappa shape index (κ1) is 17.0. The van der Waals surface area contributed by atoms with Gasteiger partial charge < -0.3 is 9.92 Å². The summed E-state index contributed by atoms with van der Waals surface area (Å²) in [7, 11) is -3.95. The Labute approximate surface area is 134 Å². The van der Waals surface area contributed by atoms with Crippen molar-refractivity contribution in [3.63, 3.8) is 0 Å². The minimum Gasteiger partial charge on any atom is -0.384 e. The van der Waals surface area contributed by atoms with Crippen LogP contribution >= 0.6 is 0 Å². The first-order valence-electron chi connectivity index (χ1n) is 7.13. The fourth-order valence-corrected chi connectivity index (χ4v) is 3.19. The summed E-state index contributed by atoms with van der Waals surface area (Å²) < 4.78 is 28.3. The molecule has 0 amide bonds. The average molecular weight is 334 g/mol. The van der Waals surface area contributed by atoms with Gasteiger partial charge in [-0.2, -0.15) is 8.42 Å². The van der Waals surface area contributed by atoms with Gasteiger partial charge in [-0.15, -0.1) is 0 Å². The van der Waals surface area contributed by atoms with Gasteiger partial charge in [0.25, 0.3) is 0 Å². The van der Waals surface area contributed by atoms with Crippen LogP contribution in [0.5, 0.6) is 0 Å². The normalized spacial score (nSPS) is 11.3. The summed E-state index contributed by atoms with van der Waals surface area (Å²) in [6.07, 6.45) is 0.605. The fraction of sp³-hybridized carbons (Fsp3) is 0.250. The summed E-state index contributed by atoms with van der Waals surface area (Å²) in [5.74, 6) is -1.13. The van der Waals surface area contributed by atoms with E-state index in [4.69, 9.17) is 11.1 Å².